The Morgan fingerprint density at radius 2 is 1.92 bits per heavy atom. The van der Waals surface area contributed by atoms with Crippen LogP contribution in [-0.2, 0) is 6.54 Å². The number of likely N-dealkylation sites (tertiary alicyclic amines) is 1. The zero-order valence-corrected chi connectivity index (χ0v) is 16.7. The van der Waals surface area contributed by atoms with Gasteiger partial charge in [0.2, 0.25) is 0 Å². The van der Waals surface area contributed by atoms with Gasteiger partial charge in [-0.25, -0.2) is 4.99 Å². The number of guanidine groups is 1. The molecule has 1 aromatic carbocycles. The summed E-state index contributed by atoms with van der Waals surface area (Å²) in [5, 5.41) is 0. The standard InChI is InChI=1S/C17H25F2N3O2.HI/c1-2-23-14-9-7-8-13(15(14)24-16(18)19)12-21-17(20)22-10-5-3-4-6-11-22;/h7-9,16H,2-6,10-12H2,1H3,(H2,20,21);1H. The lowest BCUT2D eigenvalue weighted by Crippen LogP contribution is -2.38. The number of hydrogen-bond acceptors (Lipinski definition) is 3. The molecule has 1 aliphatic rings. The molecule has 8 heteroatoms. The molecule has 1 aliphatic heterocycles. The summed E-state index contributed by atoms with van der Waals surface area (Å²) in [6.45, 7) is 1.17. The molecular weight excluding hydrogens is 443 g/mol. The van der Waals surface area contributed by atoms with E-state index in [4.69, 9.17) is 10.5 Å². The number of nitrogens with zero attached hydrogens (tertiary/aromatic N) is 2. The molecular formula is C17H26F2IN3O2. The Kier molecular flexibility index (Phi) is 9.84. The van der Waals surface area contributed by atoms with Gasteiger partial charge >= 0.3 is 6.61 Å². The summed E-state index contributed by atoms with van der Waals surface area (Å²) in [5.41, 5.74) is 6.60. The van der Waals surface area contributed by atoms with Crippen molar-refractivity contribution in [3.63, 3.8) is 0 Å². The Hall–Kier alpha value is -1.32. The minimum Gasteiger partial charge on any atom is -0.490 e. The van der Waals surface area contributed by atoms with Crippen molar-refractivity contribution in [1.82, 2.24) is 4.90 Å². The maximum absolute atomic E-state index is 12.7. The molecule has 0 atom stereocenters. The Bertz CT molecular complexity index is 551. The highest BCUT2D eigenvalue weighted by molar-refractivity contribution is 14.0. The van der Waals surface area contributed by atoms with Crippen LogP contribution in [0.3, 0.4) is 0 Å². The summed E-state index contributed by atoms with van der Waals surface area (Å²) >= 11 is 0. The Balaban J connectivity index is 0.00000312. The van der Waals surface area contributed by atoms with Crippen LogP contribution in [0.15, 0.2) is 23.2 Å². The number of rotatable bonds is 6. The van der Waals surface area contributed by atoms with Gasteiger partial charge in [-0.05, 0) is 25.8 Å². The largest absolute Gasteiger partial charge is 0.490 e. The van der Waals surface area contributed by atoms with Crippen LogP contribution in [0.2, 0.25) is 0 Å². The van der Waals surface area contributed by atoms with Crippen molar-refractivity contribution in [2.24, 2.45) is 10.7 Å². The predicted octanol–water partition coefficient (Wildman–Crippen LogP) is 4.00. The average Bonchev–Trinajstić information content (AvgIpc) is 2.84. The van der Waals surface area contributed by atoms with E-state index < -0.39 is 6.61 Å². The van der Waals surface area contributed by atoms with E-state index in [0.717, 1.165) is 25.9 Å². The van der Waals surface area contributed by atoms with Crippen molar-refractivity contribution in [1.29, 1.82) is 0 Å². The van der Waals surface area contributed by atoms with Gasteiger partial charge in [-0.3, -0.25) is 0 Å². The number of aliphatic imine (C=N–C) groups is 1. The summed E-state index contributed by atoms with van der Waals surface area (Å²) in [6, 6.07) is 5.03. The van der Waals surface area contributed by atoms with Crippen LogP contribution < -0.4 is 15.2 Å². The van der Waals surface area contributed by atoms with Crippen molar-refractivity contribution < 1.29 is 18.3 Å². The molecule has 1 fully saturated rings. The topological polar surface area (TPSA) is 60.1 Å². The molecule has 5 nitrogen and oxygen atoms in total. The maximum Gasteiger partial charge on any atom is 0.387 e. The summed E-state index contributed by atoms with van der Waals surface area (Å²) in [7, 11) is 0. The maximum atomic E-state index is 12.7. The third kappa shape index (κ3) is 6.83. The van der Waals surface area contributed by atoms with Crippen LogP contribution >= 0.6 is 24.0 Å². The minimum atomic E-state index is -2.92. The van der Waals surface area contributed by atoms with Crippen LogP contribution in [-0.4, -0.2) is 37.2 Å². The van der Waals surface area contributed by atoms with Gasteiger partial charge in [0.05, 0.1) is 13.2 Å². The summed E-state index contributed by atoms with van der Waals surface area (Å²) < 4.78 is 35.4. The molecule has 25 heavy (non-hydrogen) atoms. The predicted molar refractivity (Wildman–Crippen MR) is 105 cm³/mol. The van der Waals surface area contributed by atoms with E-state index in [9.17, 15) is 8.78 Å². The molecule has 2 N–H and O–H groups in total. The van der Waals surface area contributed by atoms with Gasteiger partial charge in [0.1, 0.15) is 0 Å². The molecule has 1 aromatic rings. The fourth-order valence-corrected chi connectivity index (χ4v) is 2.74. The first kappa shape index (κ1) is 21.7. The van der Waals surface area contributed by atoms with E-state index in [-0.39, 0.29) is 36.3 Å². The second kappa shape index (κ2) is 11.3. The molecule has 0 spiro atoms. The van der Waals surface area contributed by atoms with E-state index in [2.05, 4.69) is 9.73 Å². The van der Waals surface area contributed by atoms with E-state index >= 15 is 0 Å². The van der Waals surface area contributed by atoms with Crippen LogP contribution in [0.5, 0.6) is 11.5 Å². The van der Waals surface area contributed by atoms with Crippen molar-refractivity contribution in [3.8, 4) is 11.5 Å². The van der Waals surface area contributed by atoms with E-state index in [1.807, 2.05) is 4.90 Å². The lowest BCUT2D eigenvalue weighted by Gasteiger charge is -2.21. The first-order valence-corrected chi connectivity index (χ1v) is 8.36. The van der Waals surface area contributed by atoms with E-state index in [0.29, 0.717) is 23.9 Å². The number of halogens is 3. The van der Waals surface area contributed by atoms with Gasteiger partial charge in [0.15, 0.2) is 17.5 Å². The average molecular weight is 469 g/mol. The number of alkyl halides is 2. The third-order valence-electron chi connectivity index (χ3n) is 3.91. The van der Waals surface area contributed by atoms with Crippen LogP contribution in [0.25, 0.3) is 0 Å². The first-order valence-electron chi connectivity index (χ1n) is 8.36. The summed E-state index contributed by atoms with van der Waals surface area (Å²) in [4.78, 5) is 6.42. The first-order chi connectivity index (χ1) is 11.6. The lowest BCUT2D eigenvalue weighted by molar-refractivity contribution is -0.0520. The van der Waals surface area contributed by atoms with Crippen LogP contribution in [0, 0.1) is 0 Å². The molecule has 0 aliphatic carbocycles. The minimum absolute atomic E-state index is 0. The normalized spacial score (nSPS) is 15.5. The Morgan fingerprint density at radius 1 is 1.24 bits per heavy atom. The number of benzene rings is 1. The summed E-state index contributed by atoms with van der Waals surface area (Å²) in [5.74, 6) is 0.766. The van der Waals surface area contributed by atoms with E-state index in [1.54, 1.807) is 25.1 Å². The number of para-hydroxylation sites is 1. The lowest BCUT2D eigenvalue weighted by atomic mass is 10.2. The highest BCUT2D eigenvalue weighted by Crippen LogP contribution is 2.33. The fourth-order valence-electron chi connectivity index (χ4n) is 2.74. The Labute approximate surface area is 164 Å². The van der Waals surface area contributed by atoms with Crippen molar-refractivity contribution in [2.75, 3.05) is 19.7 Å². The van der Waals surface area contributed by atoms with Crippen LogP contribution in [0.4, 0.5) is 8.78 Å². The molecule has 2 rings (SSSR count). The highest BCUT2D eigenvalue weighted by Gasteiger charge is 2.16. The van der Waals surface area contributed by atoms with Gasteiger partial charge < -0.3 is 20.1 Å². The van der Waals surface area contributed by atoms with Gasteiger partial charge in [-0.1, -0.05) is 25.0 Å². The SMILES string of the molecule is CCOc1cccc(CN=C(N)N2CCCCCC2)c1OC(F)F.I. The van der Waals surface area contributed by atoms with Crippen molar-refractivity contribution in [2.45, 2.75) is 45.8 Å². The van der Waals surface area contributed by atoms with Crippen molar-refractivity contribution in [3.05, 3.63) is 23.8 Å². The zero-order valence-electron chi connectivity index (χ0n) is 14.4. The quantitative estimate of drug-likeness (QED) is 0.389. The van der Waals surface area contributed by atoms with Gasteiger partial charge in [-0.2, -0.15) is 8.78 Å². The number of nitrogens with two attached hydrogens (primary N) is 1. The molecule has 0 unspecified atom stereocenters. The molecule has 0 aromatic heterocycles. The second-order valence-corrected chi connectivity index (χ2v) is 5.63. The molecule has 142 valence electrons. The molecule has 0 amide bonds. The second-order valence-electron chi connectivity index (χ2n) is 5.63. The highest BCUT2D eigenvalue weighted by atomic mass is 127. The zero-order chi connectivity index (χ0) is 17.4. The smallest absolute Gasteiger partial charge is 0.387 e. The molecule has 1 saturated heterocycles. The third-order valence-corrected chi connectivity index (χ3v) is 3.91. The number of ether oxygens (including phenoxy) is 2. The monoisotopic (exact) mass is 469 g/mol. The molecule has 0 saturated carbocycles. The molecule has 0 radical (unpaired) electrons. The van der Waals surface area contributed by atoms with Gasteiger partial charge in [-0.15, -0.1) is 24.0 Å². The Morgan fingerprint density at radius 3 is 2.52 bits per heavy atom. The van der Waals surface area contributed by atoms with E-state index in [1.165, 1.54) is 12.8 Å². The van der Waals surface area contributed by atoms with Gasteiger partial charge in [0.25, 0.3) is 0 Å². The summed E-state index contributed by atoms with van der Waals surface area (Å²) in [6.07, 6.45) is 4.59. The van der Waals surface area contributed by atoms with Crippen LogP contribution in [0.1, 0.15) is 38.2 Å². The van der Waals surface area contributed by atoms with Crippen molar-refractivity contribution >= 4 is 29.9 Å². The molecule has 0 bridgehead atoms. The number of hydrogen-bond donors (Lipinski definition) is 1. The van der Waals surface area contributed by atoms with Gasteiger partial charge in [0, 0.05) is 18.7 Å². The fraction of sp³-hybridized carbons (Fsp3) is 0.588. The molecule has 1 heterocycles.